The minimum atomic E-state index is 0.00407. The van der Waals surface area contributed by atoms with Gasteiger partial charge in [0.25, 0.3) is 5.91 Å². The summed E-state index contributed by atoms with van der Waals surface area (Å²) in [6.45, 7) is 5.71. The van der Waals surface area contributed by atoms with E-state index in [0.29, 0.717) is 28.0 Å². The summed E-state index contributed by atoms with van der Waals surface area (Å²) in [6.07, 6.45) is 5.91. The van der Waals surface area contributed by atoms with E-state index >= 15 is 0 Å². The van der Waals surface area contributed by atoms with Crippen LogP contribution in [-0.2, 0) is 4.79 Å². The number of rotatable bonds is 8. The van der Waals surface area contributed by atoms with E-state index in [4.69, 9.17) is 16.0 Å². The summed E-state index contributed by atoms with van der Waals surface area (Å²) in [5.41, 5.74) is 0.839. The maximum atomic E-state index is 12.9. The summed E-state index contributed by atoms with van der Waals surface area (Å²) < 4.78 is 5.93. The Morgan fingerprint density at radius 3 is 2.68 bits per heavy atom. The zero-order chi connectivity index (χ0) is 19.9. The highest BCUT2D eigenvalue weighted by atomic mass is 35.5. The Morgan fingerprint density at radius 1 is 1.14 bits per heavy atom. The third-order valence-corrected chi connectivity index (χ3v) is 5.80. The Labute approximate surface area is 175 Å². The van der Waals surface area contributed by atoms with Gasteiger partial charge in [0.15, 0.2) is 5.17 Å². The lowest BCUT2D eigenvalue weighted by atomic mass is 10.2. The molecule has 1 aromatic heterocycles. The fourth-order valence-electron chi connectivity index (χ4n) is 2.84. The molecule has 4 nitrogen and oxygen atoms in total. The van der Waals surface area contributed by atoms with Crippen molar-refractivity contribution in [2.75, 3.05) is 13.1 Å². The van der Waals surface area contributed by atoms with E-state index in [0.717, 1.165) is 43.0 Å². The van der Waals surface area contributed by atoms with Crippen LogP contribution in [0.5, 0.6) is 0 Å². The van der Waals surface area contributed by atoms with E-state index in [1.54, 1.807) is 11.0 Å². The van der Waals surface area contributed by atoms with Crippen molar-refractivity contribution in [3.05, 3.63) is 52.1 Å². The molecule has 0 saturated carbocycles. The lowest BCUT2D eigenvalue weighted by Crippen LogP contribution is -2.30. The first-order valence-corrected chi connectivity index (χ1v) is 10.9. The monoisotopic (exact) mass is 416 g/mol. The molecule has 0 N–H and O–H groups in total. The van der Waals surface area contributed by atoms with Crippen LogP contribution in [-0.4, -0.2) is 29.1 Å². The zero-order valence-corrected chi connectivity index (χ0v) is 17.9. The van der Waals surface area contributed by atoms with Crippen LogP contribution < -0.4 is 0 Å². The van der Waals surface area contributed by atoms with Crippen molar-refractivity contribution in [2.45, 2.75) is 39.5 Å². The van der Waals surface area contributed by atoms with E-state index in [2.05, 4.69) is 18.8 Å². The second-order valence-corrected chi connectivity index (χ2v) is 8.04. The molecule has 2 heterocycles. The Balaban J connectivity index is 1.82. The van der Waals surface area contributed by atoms with Crippen LogP contribution in [0.2, 0.25) is 5.02 Å². The molecule has 1 aliphatic heterocycles. The molecule has 1 saturated heterocycles. The molecule has 1 aliphatic rings. The quantitative estimate of drug-likeness (QED) is 0.365. The molecule has 0 unspecified atom stereocenters. The van der Waals surface area contributed by atoms with Crippen LogP contribution in [0.15, 0.2) is 50.7 Å². The number of thioether (sulfide) groups is 1. The summed E-state index contributed by atoms with van der Waals surface area (Å²) in [7, 11) is 0. The molecule has 0 atom stereocenters. The lowest BCUT2D eigenvalue weighted by Gasteiger charge is -2.14. The van der Waals surface area contributed by atoms with Gasteiger partial charge in [-0.2, -0.15) is 0 Å². The van der Waals surface area contributed by atoms with Gasteiger partial charge in [0.1, 0.15) is 11.5 Å². The van der Waals surface area contributed by atoms with Gasteiger partial charge in [0, 0.05) is 24.7 Å². The Bertz CT molecular complexity index is 888. The summed E-state index contributed by atoms with van der Waals surface area (Å²) in [5, 5.41) is 1.44. The van der Waals surface area contributed by atoms with Gasteiger partial charge < -0.3 is 4.42 Å². The molecule has 1 fully saturated rings. The van der Waals surface area contributed by atoms with Crippen LogP contribution in [0, 0.1) is 0 Å². The fraction of sp³-hybridized carbons (Fsp3) is 0.364. The fourth-order valence-corrected chi connectivity index (χ4v) is 4.08. The lowest BCUT2D eigenvalue weighted by molar-refractivity contribution is -0.122. The van der Waals surface area contributed by atoms with Gasteiger partial charge in [-0.05, 0) is 48.9 Å². The van der Waals surface area contributed by atoms with Gasteiger partial charge in [0.05, 0.1) is 9.93 Å². The number of hydrogen-bond acceptors (Lipinski definition) is 4. The van der Waals surface area contributed by atoms with Gasteiger partial charge in [0.2, 0.25) is 0 Å². The van der Waals surface area contributed by atoms with Gasteiger partial charge in [-0.3, -0.25) is 14.7 Å². The van der Waals surface area contributed by atoms with E-state index < -0.39 is 0 Å². The highest BCUT2D eigenvalue weighted by Gasteiger charge is 2.32. The average molecular weight is 417 g/mol. The molecule has 0 spiro atoms. The van der Waals surface area contributed by atoms with E-state index in [9.17, 15) is 4.79 Å². The van der Waals surface area contributed by atoms with Crippen molar-refractivity contribution in [2.24, 2.45) is 4.99 Å². The van der Waals surface area contributed by atoms with E-state index in [-0.39, 0.29) is 5.91 Å². The van der Waals surface area contributed by atoms with E-state index in [1.165, 1.54) is 11.8 Å². The first-order chi connectivity index (χ1) is 13.6. The Kier molecular flexibility index (Phi) is 7.40. The molecule has 2 aromatic rings. The van der Waals surface area contributed by atoms with Crippen LogP contribution in [0.4, 0.5) is 0 Å². The standard InChI is InChI=1S/C22H25ClN2O2S/c1-3-5-13-24-22-25(14-6-4-2)21(26)20(28-22)15-16-11-12-19(27-16)17-9-7-8-10-18(17)23/h7-12,15H,3-6,13-14H2,1-2H3. The first kappa shape index (κ1) is 20.7. The highest BCUT2D eigenvalue weighted by molar-refractivity contribution is 8.18. The van der Waals surface area contributed by atoms with Crippen LogP contribution in [0.3, 0.4) is 0 Å². The van der Waals surface area contributed by atoms with E-state index in [1.807, 2.05) is 36.4 Å². The van der Waals surface area contributed by atoms with Gasteiger partial charge in [-0.25, -0.2) is 0 Å². The maximum Gasteiger partial charge on any atom is 0.266 e. The second-order valence-electron chi connectivity index (χ2n) is 6.62. The third kappa shape index (κ3) is 4.89. The number of halogens is 1. The Morgan fingerprint density at radius 2 is 1.93 bits per heavy atom. The van der Waals surface area contributed by atoms with Crippen molar-refractivity contribution in [1.29, 1.82) is 0 Å². The molecular formula is C22H25ClN2O2S. The molecule has 1 amide bonds. The topological polar surface area (TPSA) is 45.8 Å². The van der Waals surface area contributed by atoms with Crippen LogP contribution in [0.1, 0.15) is 45.3 Å². The SMILES string of the molecule is CCCCN=C1SC(=Cc2ccc(-c3ccccc3Cl)o2)C(=O)N1CCCC. The average Bonchev–Trinajstić information content (AvgIpc) is 3.26. The van der Waals surface area contributed by atoms with Crippen molar-refractivity contribution < 1.29 is 9.21 Å². The number of amidine groups is 1. The second kappa shape index (κ2) is 9.99. The molecule has 28 heavy (non-hydrogen) atoms. The van der Waals surface area contributed by atoms with Gasteiger partial charge >= 0.3 is 0 Å². The molecule has 0 radical (unpaired) electrons. The smallest absolute Gasteiger partial charge is 0.266 e. The van der Waals surface area contributed by atoms with Gasteiger partial charge in [-0.15, -0.1) is 0 Å². The normalized spacial score (nSPS) is 17.2. The summed E-state index contributed by atoms with van der Waals surface area (Å²) >= 11 is 7.68. The maximum absolute atomic E-state index is 12.9. The van der Waals surface area contributed by atoms with Crippen molar-refractivity contribution in [3.63, 3.8) is 0 Å². The van der Waals surface area contributed by atoms with Crippen LogP contribution in [0.25, 0.3) is 17.4 Å². The number of aliphatic imine (C=N–C) groups is 1. The summed E-state index contributed by atoms with van der Waals surface area (Å²) in [6, 6.07) is 11.3. The third-order valence-electron chi connectivity index (χ3n) is 4.42. The van der Waals surface area contributed by atoms with Crippen molar-refractivity contribution in [3.8, 4) is 11.3 Å². The van der Waals surface area contributed by atoms with Crippen molar-refractivity contribution in [1.82, 2.24) is 4.90 Å². The molecule has 3 rings (SSSR count). The number of nitrogens with zero attached hydrogens (tertiary/aromatic N) is 2. The zero-order valence-electron chi connectivity index (χ0n) is 16.3. The predicted molar refractivity (Wildman–Crippen MR) is 119 cm³/mol. The molecule has 0 aliphatic carbocycles. The number of carbonyl (C=O) groups excluding carboxylic acids is 1. The first-order valence-electron chi connectivity index (χ1n) is 9.74. The summed E-state index contributed by atoms with van der Waals surface area (Å²) in [4.78, 5) is 20.0. The number of unbranched alkanes of at least 4 members (excludes halogenated alkanes) is 2. The largest absolute Gasteiger partial charge is 0.457 e. The highest BCUT2D eigenvalue weighted by Crippen LogP contribution is 2.35. The number of carbonyl (C=O) groups is 1. The van der Waals surface area contributed by atoms with Crippen LogP contribution >= 0.6 is 23.4 Å². The predicted octanol–water partition coefficient (Wildman–Crippen LogP) is 6.47. The molecule has 1 aromatic carbocycles. The molecule has 148 valence electrons. The number of furan rings is 1. The number of hydrogen-bond donors (Lipinski definition) is 0. The summed E-state index contributed by atoms with van der Waals surface area (Å²) in [5.74, 6) is 1.33. The number of amides is 1. The van der Waals surface area contributed by atoms with Gasteiger partial charge in [-0.1, -0.05) is 50.4 Å². The minimum Gasteiger partial charge on any atom is -0.457 e. The Hall–Kier alpha value is -1.98. The molecule has 0 bridgehead atoms. The van der Waals surface area contributed by atoms with Crippen molar-refractivity contribution >= 4 is 40.5 Å². The number of benzene rings is 1. The molecule has 6 heteroatoms. The minimum absolute atomic E-state index is 0.00407. The molecular weight excluding hydrogens is 392 g/mol.